The lowest BCUT2D eigenvalue weighted by molar-refractivity contribution is 0.303. The summed E-state index contributed by atoms with van der Waals surface area (Å²) in [5.41, 5.74) is 0. The molecular formula is C8H17Cl3O. The molecule has 12 heavy (non-hydrogen) atoms. The van der Waals surface area contributed by atoms with Gasteiger partial charge in [0.2, 0.25) is 3.79 Å². The van der Waals surface area contributed by atoms with Crippen LogP contribution in [-0.2, 0) is 0 Å². The van der Waals surface area contributed by atoms with Gasteiger partial charge in [0, 0.05) is 0 Å². The average molecular weight is 236 g/mol. The van der Waals surface area contributed by atoms with Gasteiger partial charge in [-0.15, -0.1) is 0 Å². The Kier molecular flexibility index (Phi) is 12.6. The molecule has 0 saturated carbocycles. The Labute approximate surface area is 90.0 Å². The van der Waals surface area contributed by atoms with E-state index in [0.717, 1.165) is 0 Å². The molecule has 0 radical (unpaired) electrons. The van der Waals surface area contributed by atoms with Crippen molar-refractivity contribution in [3.05, 3.63) is 0 Å². The molecule has 0 aromatic carbocycles. The molecule has 0 aliphatic rings. The van der Waals surface area contributed by atoms with Crippen LogP contribution >= 0.6 is 34.8 Å². The van der Waals surface area contributed by atoms with Gasteiger partial charge in [-0.3, -0.25) is 0 Å². The quantitative estimate of drug-likeness (QED) is 0.580. The van der Waals surface area contributed by atoms with E-state index in [4.69, 9.17) is 39.9 Å². The Morgan fingerprint density at radius 1 is 1.00 bits per heavy atom. The molecule has 0 fully saturated rings. The molecule has 0 saturated heterocycles. The highest BCUT2D eigenvalue weighted by atomic mass is 35.6. The van der Waals surface area contributed by atoms with Crippen molar-refractivity contribution in [2.45, 2.75) is 43.3 Å². The summed E-state index contributed by atoms with van der Waals surface area (Å²) < 4.78 is -1.49. The highest BCUT2D eigenvalue weighted by molar-refractivity contribution is 6.67. The number of hydrogen-bond donors (Lipinski definition) is 1. The smallest absolute Gasteiger partial charge is 0.213 e. The predicted molar refractivity (Wildman–Crippen MR) is 57.2 cm³/mol. The van der Waals surface area contributed by atoms with Crippen LogP contribution in [0.4, 0.5) is 0 Å². The van der Waals surface area contributed by atoms with Gasteiger partial charge in [-0.2, -0.15) is 0 Å². The van der Waals surface area contributed by atoms with Crippen molar-refractivity contribution in [2.24, 2.45) is 0 Å². The van der Waals surface area contributed by atoms with E-state index in [0.29, 0.717) is 0 Å². The summed E-state index contributed by atoms with van der Waals surface area (Å²) in [6.45, 7) is 4.03. The zero-order valence-electron chi connectivity index (χ0n) is 7.62. The second-order valence-electron chi connectivity index (χ2n) is 2.48. The van der Waals surface area contributed by atoms with E-state index in [1.165, 1.54) is 25.7 Å². The van der Waals surface area contributed by atoms with Gasteiger partial charge in [-0.1, -0.05) is 74.3 Å². The van der Waals surface area contributed by atoms with Gasteiger partial charge in [0.05, 0.1) is 6.61 Å². The van der Waals surface area contributed by atoms with E-state index >= 15 is 0 Å². The number of hydrogen-bond acceptors (Lipinski definition) is 1. The number of alkyl halides is 3. The van der Waals surface area contributed by atoms with Gasteiger partial charge in [0.25, 0.3) is 0 Å². The maximum atomic E-state index is 8.01. The monoisotopic (exact) mass is 234 g/mol. The third kappa shape index (κ3) is 22.4. The van der Waals surface area contributed by atoms with Crippen LogP contribution in [0.15, 0.2) is 0 Å². The van der Waals surface area contributed by atoms with Gasteiger partial charge < -0.3 is 5.11 Å². The van der Waals surface area contributed by atoms with Crippen molar-refractivity contribution < 1.29 is 5.11 Å². The van der Waals surface area contributed by atoms with Gasteiger partial charge in [0.15, 0.2) is 0 Å². The standard InChI is InChI=1S/C6H14.C2H3Cl3O/c1-3-5-6-4-2;3-2(4,5)1-6/h3-6H2,1-2H3;6H,1H2. The zero-order chi connectivity index (χ0) is 10.0. The van der Waals surface area contributed by atoms with E-state index in [2.05, 4.69) is 13.8 Å². The molecule has 1 nitrogen and oxygen atoms in total. The second-order valence-corrected chi connectivity index (χ2v) is 5.00. The molecule has 0 heterocycles. The maximum absolute atomic E-state index is 8.01. The zero-order valence-corrected chi connectivity index (χ0v) is 9.88. The van der Waals surface area contributed by atoms with Crippen molar-refractivity contribution in [3.63, 3.8) is 0 Å². The van der Waals surface area contributed by atoms with E-state index < -0.39 is 10.4 Å². The molecule has 0 aliphatic carbocycles. The SMILES string of the molecule is CCCCCC.OCC(Cl)(Cl)Cl. The number of aliphatic hydroxyl groups is 1. The summed E-state index contributed by atoms with van der Waals surface area (Å²) in [4.78, 5) is 0. The molecule has 0 aliphatic heterocycles. The summed E-state index contributed by atoms with van der Waals surface area (Å²) in [7, 11) is 0. The molecule has 0 unspecified atom stereocenters. The highest BCUT2D eigenvalue weighted by Gasteiger charge is 2.16. The first kappa shape index (κ1) is 15.3. The lowest BCUT2D eigenvalue weighted by Gasteiger charge is -2.01. The first-order chi connectivity index (χ1) is 5.47. The van der Waals surface area contributed by atoms with Gasteiger partial charge >= 0.3 is 0 Å². The molecule has 0 amide bonds. The molecule has 0 spiro atoms. The molecule has 1 N–H and O–H groups in total. The van der Waals surface area contributed by atoms with Gasteiger partial charge in [-0.05, 0) is 0 Å². The first-order valence-corrected chi connectivity index (χ1v) is 5.28. The lowest BCUT2D eigenvalue weighted by Crippen LogP contribution is -2.06. The van der Waals surface area contributed by atoms with E-state index in [1.54, 1.807) is 0 Å². The molecule has 0 aromatic heterocycles. The fourth-order valence-electron chi connectivity index (χ4n) is 0.500. The maximum Gasteiger partial charge on any atom is 0.213 e. The van der Waals surface area contributed by atoms with E-state index in [1.807, 2.05) is 0 Å². The fourth-order valence-corrected chi connectivity index (χ4v) is 0.500. The van der Waals surface area contributed by atoms with Crippen LogP contribution in [0.2, 0.25) is 0 Å². The van der Waals surface area contributed by atoms with E-state index in [-0.39, 0.29) is 0 Å². The third-order valence-corrected chi connectivity index (χ3v) is 1.49. The Morgan fingerprint density at radius 2 is 1.25 bits per heavy atom. The van der Waals surface area contributed by atoms with Crippen molar-refractivity contribution in [3.8, 4) is 0 Å². The van der Waals surface area contributed by atoms with Crippen molar-refractivity contribution >= 4 is 34.8 Å². The van der Waals surface area contributed by atoms with Crippen LogP contribution in [-0.4, -0.2) is 15.5 Å². The minimum Gasteiger partial charge on any atom is -0.392 e. The van der Waals surface area contributed by atoms with Crippen LogP contribution in [0, 0.1) is 0 Å². The minimum absolute atomic E-state index is 0.433. The minimum atomic E-state index is -1.49. The summed E-state index contributed by atoms with van der Waals surface area (Å²) in [5.74, 6) is 0. The predicted octanol–water partition coefficient (Wildman–Crippen LogP) is 3.94. The highest BCUT2D eigenvalue weighted by Crippen LogP contribution is 2.23. The average Bonchev–Trinajstić information content (AvgIpc) is 2.01. The molecule has 4 heteroatoms. The van der Waals surface area contributed by atoms with Crippen molar-refractivity contribution in [1.82, 2.24) is 0 Å². The van der Waals surface area contributed by atoms with Crippen molar-refractivity contribution in [1.29, 1.82) is 0 Å². The number of rotatable bonds is 3. The number of halogens is 3. The Morgan fingerprint density at radius 3 is 1.33 bits per heavy atom. The number of unbranched alkanes of at least 4 members (excludes halogenated alkanes) is 3. The number of aliphatic hydroxyl groups excluding tert-OH is 1. The summed E-state index contributed by atoms with van der Waals surface area (Å²) in [6, 6.07) is 0. The van der Waals surface area contributed by atoms with Crippen LogP contribution < -0.4 is 0 Å². The van der Waals surface area contributed by atoms with Crippen LogP contribution in [0.25, 0.3) is 0 Å². The molecule has 0 bridgehead atoms. The van der Waals surface area contributed by atoms with Crippen LogP contribution in [0.1, 0.15) is 39.5 Å². The molecule has 0 atom stereocenters. The third-order valence-electron chi connectivity index (χ3n) is 1.14. The fraction of sp³-hybridized carbons (Fsp3) is 1.00. The molecular weight excluding hydrogens is 218 g/mol. The Bertz CT molecular complexity index is 76.9. The Balaban J connectivity index is 0. The first-order valence-electron chi connectivity index (χ1n) is 4.15. The summed E-state index contributed by atoms with van der Waals surface area (Å²) in [6.07, 6.45) is 5.54. The summed E-state index contributed by atoms with van der Waals surface area (Å²) in [5, 5.41) is 8.01. The largest absolute Gasteiger partial charge is 0.392 e. The second kappa shape index (κ2) is 9.91. The lowest BCUT2D eigenvalue weighted by atomic mass is 10.2. The molecule has 0 rings (SSSR count). The summed E-state index contributed by atoms with van der Waals surface area (Å²) >= 11 is 15.0. The topological polar surface area (TPSA) is 20.2 Å². The molecule has 0 aromatic rings. The molecule has 76 valence electrons. The van der Waals surface area contributed by atoms with Crippen molar-refractivity contribution in [2.75, 3.05) is 6.61 Å². The van der Waals surface area contributed by atoms with Crippen LogP contribution in [0.3, 0.4) is 0 Å². The van der Waals surface area contributed by atoms with Gasteiger partial charge in [-0.25, -0.2) is 0 Å². The Hall–Kier alpha value is 0.830. The van der Waals surface area contributed by atoms with Gasteiger partial charge in [0.1, 0.15) is 0 Å². The van der Waals surface area contributed by atoms with Crippen LogP contribution in [0.5, 0.6) is 0 Å². The normalized spacial score (nSPS) is 10.5. The van der Waals surface area contributed by atoms with E-state index in [9.17, 15) is 0 Å².